The van der Waals surface area contributed by atoms with Gasteiger partial charge in [-0.25, -0.2) is 9.97 Å². The summed E-state index contributed by atoms with van der Waals surface area (Å²) in [4.78, 5) is 39.7. The van der Waals surface area contributed by atoms with E-state index in [-0.39, 0.29) is 23.1 Å². The van der Waals surface area contributed by atoms with Crippen LogP contribution in [-0.2, 0) is 13.5 Å². The van der Waals surface area contributed by atoms with Gasteiger partial charge in [-0.15, -0.1) is 0 Å². The first-order valence-electron chi connectivity index (χ1n) is 10.2. The molecule has 0 saturated carbocycles. The van der Waals surface area contributed by atoms with E-state index in [0.29, 0.717) is 12.5 Å². The van der Waals surface area contributed by atoms with E-state index in [9.17, 15) is 9.59 Å². The van der Waals surface area contributed by atoms with E-state index in [1.54, 1.807) is 23.9 Å². The maximum Gasteiger partial charge on any atom is 0.263 e. The molecule has 8 heteroatoms. The highest BCUT2D eigenvalue weighted by Crippen LogP contribution is 2.20. The number of pyridine rings is 1. The van der Waals surface area contributed by atoms with E-state index in [1.807, 2.05) is 38.2 Å². The molecule has 4 rings (SSSR count). The van der Waals surface area contributed by atoms with E-state index >= 15 is 0 Å². The largest absolute Gasteiger partial charge is 0.360 e. The van der Waals surface area contributed by atoms with Gasteiger partial charge in [0.1, 0.15) is 5.56 Å². The molecule has 1 fully saturated rings. The second-order valence-electron chi connectivity index (χ2n) is 7.64. The summed E-state index contributed by atoms with van der Waals surface area (Å²) in [5.74, 6) is 0.312. The van der Waals surface area contributed by atoms with Gasteiger partial charge in [0.05, 0.1) is 11.4 Å². The topological polar surface area (TPSA) is 95.9 Å². The van der Waals surface area contributed by atoms with Crippen LogP contribution >= 0.6 is 0 Å². The summed E-state index contributed by atoms with van der Waals surface area (Å²) >= 11 is 0. The van der Waals surface area contributed by atoms with Gasteiger partial charge in [0.2, 0.25) is 5.95 Å². The molecule has 1 aliphatic rings. The smallest absolute Gasteiger partial charge is 0.263 e. The maximum absolute atomic E-state index is 12.8. The lowest BCUT2D eigenvalue weighted by atomic mass is 10.1. The fraction of sp³-hybridized carbons (Fsp3) is 0.364. The molecule has 0 spiro atoms. The van der Waals surface area contributed by atoms with Crippen LogP contribution in [0.4, 0.5) is 5.95 Å². The van der Waals surface area contributed by atoms with Crippen LogP contribution in [0.3, 0.4) is 0 Å². The molecule has 0 radical (unpaired) electrons. The minimum absolute atomic E-state index is 0.0638. The summed E-state index contributed by atoms with van der Waals surface area (Å²) in [7, 11) is 1.72. The van der Waals surface area contributed by atoms with Crippen LogP contribution < -0.4 is 15.8 Å². The van der Waals surface area contributed by atoms with Crippen LogP contribution in [0.5, 0.6) is 0 Å². The Hall–Kier alpha value is -3.42. The monoisotopic (exact) mass is 406 g/mol. The fourth-order valence-corrected chi connectivity index (χ4v) is 4.07. The zero-order chi connectivity index (χ0) is 21.3. The Balaban J connectivity index is 1.47. The van der Waals surface area contributed by atoms with E-state index in [1.165, 1.54) is 0 Å². The molecule has 156 valence electrons. The normalized spacial score (nSPS) is 16.1. The molecule has 3 aromatic heterocycles. The number of amides is 1. The SMILES string of the molecule is CCc1c(C)cc(C(=O)NC2CCN(c3nccc(-c4ccc[nH]4)n3)C2)c(=O)n1C. The molecule has 0 aliphatic carbocycles. The van der Waals surface area contributed by atoms with Crippen LogP contribution in [0.15, 0.2) is 41.5 Å². The minimum atomic E-state index is -0.325. The second kappa shape index (κ2) is 8.14. The fourth-order valence-electron chi connectivity index (χ4n) is 4.07. The van der Waals surface area contributed by atoms with Crippen LogP contribution in [0, 0.1) is 6.92 Å². The Morgan fingerprint density at radius 1 is 1.37 bits per heavy atom. The van der Waals surface area contributed by atoms with Crippen molar-refractivity contribution in [3.05, 3.63) is 63.8 Å². The first-order chi connectivity index (χ1) is 14.5. The second-order valence-corrected chi connectivity index (χ2v) is 7.64. The highest BCUT2D eigenvalue weighted by atomic mass is 16.2. The Labute approximate surface area is 175 Å². The molecule has 1 amide bonds. The lowest BCUT2D eigenvalue weighted by Gasteiger charge is -2.18. The van der Waals surface area contributed by atoms with Crippen molar-refractivity contribution in [2.24, 2.45) is 7.05 Å². The van der Waals surface area contributed by atoms with Gasteiger partial charge in [0.15, 0.2) is 0 Å². The number of hydrogen-bond donors (Lipinski definition) is 2. The molecule has 0 aromatic carbocycles. The Morgan fingerprint density at radius 2 is 2.20 bits per heavy atom. The van der Waals surface area contributed by atoms with Gasteiger partial charge in [0.25, 0.3) is 11.5 Å². The zero-order valence-corrected chi connectivity index (χ0v) is 17.5. The number of rotatable bonds is 5. The molecular weight excluding hydrogens is 380 g/mol. The molecule has 0 bridgehead atoms. The lowest BCUT2D eigenvalue weighted by Crippen LogP contribution is -2.40. The number of aromatic nitrogens is 4. The molecule has 1 aliphatic heterocycles. The highest BCUT2D eigenvalue weighted by molar-refractivity contribution is 5.94. The van der Waals surface area contributed by atoms with E-state index < -0.39 is 0 Å². The van der Waals surface area contributed by atoms with Crippen molar-refractivity contribution in [1.29, 1.82) is 0 Å². The average Bonchev–Trinajstić information content (AvgIpc) is 3.43. The Kier molecular flexibility index (Phi) is 5.39. The third kappa shape index (κ3) is 3.72. The van der Waals surface area contributed by atoms with Crippen molar-refractivity contribution in [3.63, 3.8) is 0 Å². The number of anilines is 1. The van der Waals surface area contributed by atoms with E-state index in [2.05, 4.69) is 25.2 Å². The van der Waals surface area contributed by atoms with Gasteiger partial charge in [-0.1, -0.05) is 6.92 Å². The molecule has 8 nitrogen and oxygen atoms in total. The van der Waals surface area contributed by atoms with E-state index in [4.69, 9.17) is 0 Å². The van der Waals surface area contributed by atoms with Crippen molar-refractivity contribution >= 4 is 11.9 Å². The first-order valence-corrected chi connectivity index (χ1v) is 10.2. The van der Waals surface area contributed by atoms with Crippen LogP contribution in [0.1, 0.15) is 35.0 Å². The number of carbonyl (C=O) groups excluding carboxylic acids is 1. The van der Waals surface area contributed by atoms with Crippen LogP contribution in [-0.4, -0.2) is 44.6 Å². The average molecular weight is 406 g/mol. The maximum atomic E-state index is 12.8. The first kappa shape index (κ1) is 19.9. The minimum Gasteiger partial charge on any atom is -0.360 e. The standard InChI is InChI=1S/C22H26N6O2/c1-4-19-14(2)12-16(21(30)27(19)3)20(29)25-15-8-11-28(13-15)22-24-10-7-18(26-22)17-6-5-9-23-17/h5-7,9-10,12,15,23H,4,8,11,13H2,1-3H3,(H,25,29). The third-order valence-corrected chi connectivity index (χ3v) is 5.66. The molecule has 1 saturated heterocycles. The van der Waals surface area contributed by atoms with Gasteiger partial charge < -0.3 is 19.8 Å². The number of H-pyrrole nitrogens is 1. The van der Waals surface area contributed by atoms with Gasteiger partial charge >= 0.3 is 0 Å². The van der Waals surface area contributed by atoms with Gasteiger partial charge in [-0.3, -0.25) is 9.59 Å². The molecular formula is C22H26N6O2. The number of carbonyl (C=O) groups is 1. The number of nitrogens with zero attached hydrogens (tertiary/aromatic N) is 4. The summed E-state index contributed by atoms with van der Waals surface area (Å²) in [5, 5.41) is 3.01. The lowest BCUT2D eigenvalue weighted by molar-refractivity contribution is 0.0938. The summed E-state index contributed by atoms with van der Waals surface area (Å²) < 4.78 is 1.57. The number of aromatic amines is 1. The van der Waals surface area contributed by atoms with E-state index in [0.717, 1.165) is 42.0 Å². The summed E-state index contributed by atoms with van der Waals surface area (Å²) in [5.41, 5.74) is 3.59. The number of hydrogen-bond acceptors (Lipinski definition) is 5. The summed E-state index contributed by atoms with van der Waals surface area (Å²) in [6.07, 6.45) is 5.12. The molecule has 30 heavy (non-hydrogen) atoms. The van der Waals surface area contributed by atoms with Crippen molar-refractivity contribution in [1.82, 2.24) is 24.8 Å². The molecule has 1 atom stereocenters. The Bertz CT molecular complexity index is 1120. The van der Waals surface area contributed by atoms with Gasteiger partial charge in [-0.05, 0) is 49.6 Å². The van der Waals surface area contributed by atoms with Crippen LogP contribution in [0.25, 0.3) is 11.4 Å². The summed E-state index contributed by atoms with van der Waals surface area (Å²) in [6, 6.07) is 7.39. The summed E-state index contributed by atoms with van der Waals surface area (Å²) in [6.45, 7) is 5.28. The zero-order valence-electron chi connectivity index (χ0n) is 17.5. The molecule has 4 heterocycles. The predicted molar refractivity (Wildman–Crippen MR) is 116 cm³/mol. The predicted octanol–water partition coefficient (Wildman–Crippen LogP) is 2.05. The molecule has 3 aromatic rings. The number of nitrogens with one attached hydrogen (secondary N) is 2. The number of aryl methyl sites for hydroxylation is 1. The van der Waals surface area contributed by atoms with Crippen LogP contribution in [0.2, 0.25) is 0 Å². The van der Waals surface area contributed by atoms with Gasteiger partial charge in [0, 0.05) is 44.3 Å². The quantitative estimate of drug-likeness (QED) is 0.676. The van der Waals surface area contributed by atoms with Crippen molar-refractivity contribution < 1.29 is 4.79 Å². The van der Waals surface area contributed by atoms with Gasteiger partial charge in [-0.2, -0.15) is 0 Å². The van der Waals surface area contributed by atoms with Crippen molar-refractivity contribution in [3.8, 4) is 11.4 Å². The Morgan fingerprint density at radius 3 is 2.93 bits per heavy atom. The van der Waals surface area contributed by atoms with Crippen molar-refractivity contribution in [2.45, 2.75) is 32.7 Å². The molecule has 1 unspecified atom stereocenters. The molecule has 2 N–H and O–H groups in total. The van der Waals surface area contributed by atoms with Crippen molar-refractivity contribution in [2.75, 3.05) is 18.0 Å². The third-order valence-electron chi connectivity index (χ3n) is 5.66. The highest BCUT2D eigenvalue weighted by Gasteiger charge is 2.27.